The molecule has 0 radical (unpaired) electrons. The van der Waals surface area contributed by atoms with Crippen LogP contribution in [-0.2, 0) is 11.3 Å². The lowest BCUT2D eigenvalue weighted by molar-refractivity contribution is -0.0120. The zero-order valence-corrected chi connectivity index (χ0v) is 18.3. The number of benzene rings is 1. The van der Waals surface area contributed by atoms with Crippen molar-refractivity contribution < 1.29 is 9.47 Å². The van der Waals surface area contributed by atoms with Gasteiger partial charge in [-0.25, -0.2) is 4.99 Å². The first-order valence-corrected chi connectivity index (χ1v) is 11.7. The van der Waals surface area contributed by atoms with E-state index < -0.39 is 0 Å². The molecule has 1 aromatic rings. The lowest BCUT2D eigenvalue weighted by Gasteiger charge is -2.43. The standard InChI is InChI=1S/C22H34N4O2S/c1-3-12-28-20-8-6-5-7-19(20)16-24-21(23-4-2)25-17-22(9-15-29-18-22)26-10-13-27-14-11-26/h3,5-8H,1,4,9-18H2,2H3,(H2,23,24,25). The fourth-order valence-corrected chi connectivity index (χ4v) is 5.29. The molecule has 6 nitrogen and oxygen atoms in total. The van der Waals surface area contributed by atoms with Crippen LogP contribution in [0.15, 0.2) is 41.9 Å². The number of morpholine rings is 1. The van der Waals surface area contributed by atoms with Crippen LogP contribution in [0, 0.1) is 0 Å². The Balaban J connectivity index is 1.65. The highest BCUT2D eigenvalue weighted by Gasteiger charge is 2.40. The first kappa shape index (κ1) is 22.0. The van der Waals surface area contributed by atoms with Gasteiger partial charge in [0.2, 0.25) is 0 Å². The number of rotatable bonds is 9. The van der Waals surface area contributed by atoms with Crippen molar-refractivity contribution in [2.45, 2.75) is 25.4 Å². The normalized spacial score (nSPS) is 23.0. The number of guanidine groups is 1. The van der Waals surface area contributed by atoms with Crippen molar-refractivity contribution in [3.8, 4) is 5.75 Å². The van der Waals surface area contributed by atoms with Crippen molar-refractivity contribution in [3.63, 3.8) is 0 Å². The van der Waals surface area contributed by atoms with E-state index in [-0.39, 0.29) is 5.54 Å². The monoisotopic (exact) mass is 418 g/mol. The number of hydrogen-bond acceptors (Lipinski definition) is 5. The van der Waals surface area contributed by atoms with Gasteiger partial charge in [-0.1, -0.05) is 30.9 Å². The third-order valence-electron chi connectivity index (χ3n) is 5.43. The van der Waals surface area contributed by atoms with Gasteiger partial charge in [-0.05, 0) is 25.2 Å². The molecule has 3 rings (SSSR count). The number of thioether (sulfide) groups is 1. The highest BCUT2D eigenvalue weighted by atomic mass is 32.2. The van der Waals surface area contributed by atoms with Gasteiger partial charge in [-0.2, -0.15) is 11.8 Å². The molecular weight excluding hydrogens is 384 g/mol. The maximum absolute atomic E-state index is 5.77. The summed E-state index contributed by atoms with van der Waals surface area (Å²) >= 11 is 2.05. The van der Waals surface area contributed by atoms with Crippen LogP contribution in [0.1, 0.15) is 18.9 Å². The van der Waals surface area contributed by atoms with E-state index in [1.807, 2.05) is 18.2 Å². The largest absolute Gasteiger partial charge is 0.489 e. The zero-order valence-electron chi connectivity index (χ0n) is 17.5. The third kappa shape index (κ3) is 6.14. The molecule has 0 aliphatic carbocycles. The Kier molecular flexibility index (Phi) is 8.70. The number of ether oxygens (including phenoxy) is 2. The summed E-state index contributed by atoms with van der Waals surface area (Å²) in [6, 6.07) is 8.06. The number of hydrogen-bond donors (Lipinski definition) is 2. The predicted molar refractivity (Wildman–Crippen MR) is 122 cm³/mol. The summed E-state index contributed by atoms with van der Waals surface area (Å²) in [5.41, 5.74) is 1.26. The molecule has 160 valence electrons. The minimum Gasteiger partial charge on any atom is -0.489 e. The van der Waals surface area contributed by atoms with Crippen molar-refractivity contribution in [1.82, 2.24) is 15.5 Å². The van der Waals surface area contributed by atoms with Crippen molar-refractivity contribution >= 4 is 17.7 Å². The van der Waals surface area contributed by atoms with Crippen LogP contribution >= 0.6 is 11.8 Å². The van der Waals surface area contributed by atoms with Crippen LogP contribution in [-0.4, -0.2) is 73.9 Å². The molecule has 2 saturated heterocycles. The Hall–Kier alpha value is -1.70. The molecule has 0 bridgehead atoms. The summed E-state index contributed by atoms with van der Waals surface area (Å²) < 4.78 is 11.3. The van der Waals surface area contributed by atoms with Crippen molar-refractivity contribution in [2.75, 3.05) is 57.5 Å². The highest BCUT2D eigenvalue weighted by Crippen LogP contribution is 2.33. The number of para-hydroxylation sites is 1. The highest BCUT2D eigenvalue weighted by molar-refractivity contribution is 7.99. The number of nitrogens with zero attached hydrogens (tertiary/aromatic N) is 2. The number of nitrogens with one attached hydrogen (secondary N) is 2. The summed E-state index contributed by atoms with van der Waals surface area (Å²) in [5, 5.41) is 7.01. The van der Waals surface area contributed by atoms with E-state index in [2.05, 4.69) is 46.9 Å². The lowest BCUT2D eigenvalue weighted by Crippen LogP contribution is -2.60. The minimum absolute atomic E-state index is 0.190. The van der Waals surface area contributed by atoms with Gasteiger partial charge in [-0.15, -0.1) is 0 Å². The van der Waals surface area contributed by atoms with Gasteiger partial charge in [0.25, 0.3) is 0 Å². The lowest BCUT2D eigenvalue weighted by atomic mass is 9.95. The molecular formula is C22H34N4O2S. The SMILES string of the molecule is C=CCOc1ccccc1CN=C(NCC)NCC1(N2CCOCC2)CCSC1. The molecule has 1 unspecified atom stereocenters. The van der Waals surface area contributed by atoms with Crippen LogP contribution in [0.4, 0.5) is 0 Å². The van der Waals surface area contributed by atoms with Crippen LogP contribution in [0.25, 0.3) is 0 Å². The van der Waals surface area contributed by atoms with E-state index in [9.17, 15) is 0 Å². The van der Waals surface area contributed by atoms with E-state index in [1.54, 1.807) is 6.08 Å². The smallest absolute Gasteiger partial charge is 0.191 e. The molecule has 2 fully saturated rings. The third-order valence-corrected chi connectivity index (χ3v) is 6.66. The second-order valence-corrected chi connectivity index (χ2v) is 8.49. The molecule has 2 heterocycles. The minimum atomic E-state index is 0.190. The summed E-state index contributed by atoms with van der Waals surface area (Å²) in [6.07, 6.45) is 2.97. The summed E-state index contributed by atoms with van der Waals surface area (Å²) in [4.78, 5) is 7.44. The second-order valence-electron chi connectivity index (χ2n) is 7.38. The van der Waals surface area contributed by atoms with Gasteiger partial charge in [0.05, 0.1) is 19.8 Å². The second kappa shape index (κ2) is 11.5. The van der Waals surface area contributed by atoms with Gasteiger partial charge in [-0.3, -0.25) is 4.90 Å². The Morgan fingerprint density at radius 2 is 2.17 bits per heavy atom. The van der Waals surface area contributed by atoms with E-state index in [1.165, 1.54) is 12.2 Å². The molecule has 2 aliphatic rings. The van der Waals surface area contributed by atoms with Crippen molar-refractivity contribution in [2.24, 2.45) is 4.99 Å². The van der Waals surface area contributed by atoms with Crippen molar-refractivity contribution in [1.29, 1.82) is 0 Å². The van der Waals surface area contributed by atoms with Crippen molar-refractivity contribution in [3.05, 3.63) is 42.5 Å². The zero-order chi connectivity index (χ0) is 20.4. The molecule has 2 aliphatic heterocycles. The predicted octanol–water partition coefficient (Wildman–Crippen LogP) is 2.51. The molecule has 2 N–H and O–H groups in total. The van der Waals surface area contributed by atoms with Gasteiger partial charge in [0.1, 0.15) is 12.4 Å². The molecule has 1 atom stereocenters. The summed E-state index contributed by atoms with van der Waals surface area (Å²) in [7, 11) is 0. The molecule has 1 aromatic carbocycles. The molecule has 0 aromatic heterocycles. The fraction of sp³-hybridized carbons (Fsp3) is 0.591. The molecule has 7 heteroatoms. The van der Waals surface area contributed by atoms with Gasteiger partial charge in [0.15, 0.2) is 5.96 Å². The maximum atomic E-state index is 5.77. The van der Waals surface area contributed by atoms with E-state index >= 15 is 0 Å². The van der Waals surface area contributed by atoms with Crippen LogP contribution in [0.3, 0.4) is 0 Å². The maximum Gasteiger partial charge on any atom is 0.191 e. The van der Waals surface area contributed by atoms with Crippen LogP contribution in [0.5, 0.6) is 5.75 Å². The Morgan fingerprint density at radius 1 is 1.34 bits per heavy atom. The van der Waals surface area contributed by atoms with Crippen LogP contribution in [0.2, 0.25) is 0 Å². The average Bonchev–Trinajstić information content (AvgIpc) is 3.25. The summed E-state index contributed by atoms with van der Waals surface area (Å²) in [6.45, 7) is 12.3. The van der Waals surface area contributed by atoms with Gasteiger partial charge >= 0.3 is 0 Å². The Morgan fingerprint density at radius 3 is 2.90 bits per heavy atom. The summed E-state index contributed by atoms with van der Waals surface area (Å²) in [5.74, 6) is 4.11. The Bertz CT molecular complexity index is 671. The van der Waals surface area contributed by atoms with E-state index in [0.717, 1.165) is 62.4 Å². The molecule has 29 heavy (non-hydrogen) atoms. The van der Waals surface area contributed by atoms with Crippen LogP contribution < -0.4 is 15.4 Å². The average molecular weight is 419 g/mol. The Labute approximate surface area is 179 Å². The van der Waals surface area contributed by atoms with E-state index in [4.69, 9.17) is 14.5 Å². The van der Waals surface area contributed by atoms with E-state index in [0.29, 0.717) is 13.2 Å². The van der Waals surface area contributed by atoms with Gasteiger partial charge in [0, 0.05) is 43.0 Å². The molecule has 0 spiro atoms. The first-order valence-electron chi connectivity index (χ1n) is 10.5. The molecule has 0 amide bonds. The quantitative estimate of drug-likeness (QED) is 0.365. The topological polar surface area (TPSA) is 58.1 Å². The van der Waals surface area contributed by atoms with Gasteiger partial charge < -0.3 is 20.1 Å². The fourth-order valence-electron chi connectivity index (χ4n) is 3.81. The molecule has 0 saturated carbocycles. The first-order chi connectivity index (χ1) is 14.3. The number of aliphatic imine (C=N–C) groups is 1.